The Morgan fingerprint density at radius 1 is 1.47 bits per heavy atom. The largest absolute Gasteiger partial charge is 0.383 e. The third-order valence-electron chi connectivity index (χ3n) is 2.81. The number of hydrogen-bond donors (Lipinski definition) is 4. The maximum Gasteiger partial charge on any atom is 0.330 e. The molecule has 102 valence electrons. The van der Waals surface area contributed by atoms with E-state index in [1.54, 1.807) is 19.4 Å². The van der Waals surface area contributed by atoms with Crippen molar-refractivity contribution in [3.8, 4) is 0 Å². The lowest BCUT2D eigenvalue weighted by Crippen LogP contribution is -2.34. The summed E-state index contributed by atoms with van der Waals surface area (Å²) < 4.78 is 1.31. The van der Waals surface area contributed by atoms with Crippen LogP contribution in [0.3, 0.4) is 0 Å². The van der Waals surface area contributed by atoms with Gasteiger partial charge in [-0.25, -0.2) is 9.78 Å². The molecule has 2 aromatic heterocycles. The molecular formula is C11H16N6O2. The fraction of sp³-hybridized carbons (Fsp3) is 0.364. The number of H-pyrrole nitrogens is 2. The number of nitrogens with zero attached hydrogens (tertiary/aromatic N) is 2. The molecule has 0 radical (unpaired) electrons. The van der Waals surface area contributed by atoms with Gasteiger partial charge in [0.05, 0.1) is 6.33 Å². The Kier molecular flexibility index (Phi) is 3.69. The lowest BCUT2D eigenvalue weighted by Gasteiger charge is -2.11. The number of hydrogen-bond acceptors (Lipinski definition) is 5. The average molecular weight is 264 g/mol. The third kappa shape index (κ3) is 2.67. The molecule has 0 aromatic carbocycles. The van der Waals surface area contributed by atoms with Crippen LogP contribution in [0.5, 0.6) is 0 Å². The molecule has 2 heterocycles. The predicted octanol–water partition coefficient (Wildman–Crippen LogP) is -0.484. The van der Waals surface area contributed by atoms with E-state index < -0.39 is 11.2 Å². The lowest BCUT2D eigenvalue weighted by atomic mass is 10.3. The van der Waals surface area contributed by atoms with Crippen LogP contribution in [-0.4, -0.2) is 26.1 Å². The monoisotopic (exact) mass is 264 g/mol. The highest BCUT2D eigenvalue weighted by atomic mass is 16.2. The Morgan fingerprint density at radius 2 is 2.26 bits per heavy atom. The second kappa shape index (κ2) is 5.42. The van der Waals surface area contributed by atoms with E-state index >= 15 is 0 Å². The molecular weight excluding hydrogens is 248 g/mol. The first-order valence-corrected chi connectivity index (χ1v) is 5.97. The van der Waals surface area contributed by atoms with Crippen LogP contribution in [0.4, 0.5) is 11.5 Å². The first-order chi connectivity index (χ1) is 9.13. The SMILES string of the molecule is CCn1c(N)c(NCCc2cnc[nH]2)c(=O)[nH]c1=O. The van der Waals surface area contributed by atoms with Gasteiger partial charge in [0.1, 0.15) is 11.5 Å². The number of rotatable bonds is 5. The van der Waals surface area contributed by atoms with Crippen LogP contribution in [0.15, 0.2) is 22.1 Å². The molecule has 5 N–H and O–H groups in total. The first kappa shape index (κ1) is 12.9. The van der Waals surface area contributed by atoms with Gasteiger partial charge in [-0.05, 0) is 6.92 Å². The Morgan fingerprint density at radius 3 is 2.89 bits per heavy atom. The normalized spacial score (nSPS) is 10.6. The van der Waals surface area contributed by atoms with Crippen LogP contribution >= 0.6 is 0 Å². The zero-order valence-electron chi connectivity index (χ0n) is 10.6. The van der Waals surface area contributed by atoms with Crippen LogP contribution < -0.4 is 22.3 Å². The number of nitrogens with one attached hydrogen (secondary N) is 3. The van der Waals surface area contributed by atoms with Crippen molar-refractivity contribution in [3.63, 3.8) is 0 Å². The predicted molar refractivity (Wildman–Crippen MR) is 72.2 cm³/mol. The number of anilines is 2. The molecule has 0 spiro atoms. The highest BCUT2D eigenvalue weighted by Crippen LogP contribution is 2.09. The minimum Gasteiger partial charge on any atom is -0.383 e. The fourth-order valence-electron chi connectivity index (χ4n) is 1.82. The highest BCUT2D eigenvalue weighted by molar-refractivity contribution is 5.60. The molecule has 2 rings (SSSR count). The van der Waals surface area contributed by atoms with E-state index in [1.807, 2.05) is 0 Å². The molecule has 0 fully saturated rings. The van der Waals surface area contributed by atoms with Gasteiger partial charge in [-0.3, -0.25) is 14.3 Å². The summed E-state index contributed by atoms with van der Waals surface area (Å²) in [6.07, 6.45) is 3.97. The van der Waals surface area contributed by atoms with Crippen molar-refractivity contribution in [2.75, 3.05) is 17.6 Å². The third-order valence-corrected chi connectivity index (χ3v) is 2.81. The quantitative estimate of drug-likeness (QED) is 0.581. The molecule has 8 heteroatoms. The van der Waals surface area contributed by atoms with Crippen LogP contribution in [0.1, 0.15) is 12.6 Å². The van der Waals surface area contributed by atoms with Gasteiger partial charge in [-0.2, -0.15) is 0 Å². The van der Waals surface area contributed by atoms with Crippen LogP contribution in [0.2, 0.25) is 0 Å². The van der Waals surface area contributed by atoms with Gasteiger partial charge in [0.25, 0.3) is 5.56 Å². The van der Waals surface area contributed by atoms with Crippen molar-refractivity contribution in [2.24, 2.45) is 0 Å². The van der Waals surface area contributed by atoms with E-state index in [0.29, 0.717) is 19.5 Å². The van der Waals surface area contributed by atoms with E-state index in [0.717, 1.165) is 5.69 Å². The lowest BCUT2D eigenvalue weighted by molar-refractivity contribution is 0.706. The summed E-state index contributed by atoms with van der Waals surface area (Å²) in [4.78, 5) is 32.3. The van der Waals surface area contributed by atoms with Gasteiger partial charge >= 0.3 is 5.69 Å². The summed E-state index contributed by atoms with van der Waals surface area (Å²) in [6, 6.07) is 0. The average Bonchev–Trinajstić information content (AvgIpc) is 2.86. The van der Waals surface area contributed by atoms with Crippen molar-refractivity contribution in [2.45, 2.75) is 19.9 Å². The van der Waals surface area contributed by atoms with Gasteiger partial charge in [-0.1, -0.05) is 0 Å². The van der Waals surface area contributed by atoms with E-state index in [9.17, 15) is 9.59 Å². The number of nitrogens with two attached hydrogens (primary N) is 1. The molecule has 0 saturated carbocycles. The topological polar surface area (TPSA) is 122 Å². The fourth-order valence-corrected chi connectivity index (χ4v) is 1.82. The minimum absolute atomic E-state index is 0.154. The molecule has 0 aliphatic heterocycles. The summed E-state index contributed by atoms with van der Waals surface area (Å²) in [7, 11) is 0. The smallest absolute Gasteiger partial charge is 0.330 e. The first-order valence-electron chi connectivity index (χ1n) is 5.97. The zero-order valence-corrected chi connectivity index (χ0v) is 10.6. The van der Waals surface area contributed by atoms with Crippen molar-refractivity contribution in [1.29, 1.82) is 0 Å². The second-order valence-electron chi connectivity index (χ2n) is 4.02. The maximum absolute atomic E-state index is 11.7. The molecule has 0 atom stereocenters. The standard InChI is InChI=1S/C11H16N6O2/c1-2-17-9(12)8(10(18)16-11(17)19)14-4-3-7-5-13-6-15-7/h5-6,14H,2-4,12H2,1H3,(H,13,15)(H,16,18,19). The van der Waals surface area contributed by atoms with Gasteiger partial charge in [0, 0.05) is 31.4 Å². The van der Waals surface area contributed by atoms with Crippen molar-refractivity contribution >= 4 is 11.5 Å². The van der Waals surface area contributed by atoms with Crippen molar-refractivity contribution < 1.29 is 0 Å². The Balaban J connectivity index is 2.16. The van der Waals surface area contributed by atoms with Gasteiger partial charge in [0.2, 0.25) is 0 Å². The van der Waals surface area contributed by atoms with Crippen LogP contribution in [0.25, 0.3) is 0 Å². The summed E-state index contributed by atoms with van der Waals surface area (Å²) in [6.45, 7) is 2.69. The molecule has 0 saturated heterocycles. The molecule has 0 amide bonds. The maximum atomic E-state index is 11.7. The van der Waals surface area contributed by atoms with Gasteiger partial charge in [-0.15, -0.1) is 0 Å². The van der Waals surface area contributed by atoms with Crippen molar-refractivity contribution in [1.82, 2.24) is 19.5 Å². The molecule has 19 heavy (non-hydrogen) atoms. The zero-order chi connectivity index (χ0) is 13.8. The summed E-state index contributed by atoms with van der Waals surface area (Å²) in [5.74, 6) is 0.154. The van der Waals surface area contributed by atoms with E-state index in [2.05, 4.69) is 20.3 Å². The summed E-state index contributed by atoms with van der Waals surface area (Å²) >= 11 is 0. The molecule has 0 aliphatic rings. The van der Waals surface area contributed by atoms with E-state index in [-0.39, 0.29) is 11.5 Å². The summed E-state index contributed by atoms with van der Waals surface area (Å²) in [5.41, 5.74) is 5.99. The van der Waals surface area contributed by atoms with E-state index in [4.69, 9.17) is 5.73 Å². The Hall–Kier alpha value is -2.51. The number of nitrogen functional groups attached to an aromatic ring is 1. The van der Waals surface area contributed by atoms with Crippen molar-refractivity contribution in [3.05, 3.63) is 39.1 Å². The van der Waals surface area contributed by atoms with Gasteiger partial charge in [0.15, 0.2) is 0 Å². The Labute approximate surface area is 108 Å². The molecule has 8 nitrogen and oxygen atoms in total. The molecule has 0 unspecified atom stereocenters. The molecule has 0 aliphatic carbocycles. The van der Waals surface area contributed by atoms with Crippen LogP contribution in [-0.2, 0) is 13.0 Å². The minimum atomic E-state index is -0.503. The Bertz CT molecular complexity index is 655. The summed E-state index contributed by atoms with van der Waals surface area (Å²) in [5, 5.41) is 2.95. The molecule has 2 aromatic rings. The van der Waals surface area contributed by atoms with Crippen LogP contribution in [0, 0.1) is 0 Å². The number of imidazole rings is 1. The number of aromatic amines is 2. The number of aromatic nitrogens is 4. The van der Waals surface area contributed by atoms with Gasteiger partial charge < -0.3 is 16.0 Å². The molecule has 0 bridgehead atoms. The van der Waals surface area contributed by atoms with E-state index in [1.165, 1.54) is 4.57 Å². The second-order valence-corrected chi connectivity index (χ2v) is 4.02. The highest BCUT2D eigenvalue weighted by Gasteiger charge is 2.10.